The van der Waals surface area contributed by atoms with E-state index >= 15 is 0 Å². The molecule has 3 nitrogen and oxygen atoms in total. The molecule has 0 spiro atoms. The van der Waals surface area contributed by atoms with Gasteiger partial charge in [0, 0.05) is 12.1 Å². The van der Waals surface area contributed by atoms with Gasteiger partial charge in [0.1, 0.15) is 11.5 Å². The van der Waals surface area contributed by atoms with E-state index < -0.39 is 0 Å². The van der Waals surface area contributed by atoms with Crippen molar-refractivity contribution < 1.29 is 9.47 Å². The Hall–Kier alpha value is -2.00. The zero-order valence-corrected chi connectivity index (χ0v) is 10.6. The lowest BCUT2D eigenvalue weighted by molar-refractivity contribution is 0.410. The summed E-state index contributed by atoms with van der Waals surface area (Å²) in [6.07, 6.45) is 0. The first kappa shape index (κ1) is 12.5. The highest BCUT2D eigenvalue weighted by molar-refractivity contribution is 5.67. The Morgan fingerprint density at radius 1 is 0.944 bits per heavy atom. The second-order valence-electron chi connectivity index (χ2n) is 3.96. The molecule has 0 radical (unpaired) electrons. The Morgan fingerprint density at radius 2 is 1.72 bits per heavy atom. The molecule has 2 aromatic carbocycles. The van der Waals surface area contributed by atoms with E-state index in [4.69, 9.17) is 15.2 Å². The summed E-state index contributed by atoms with van der Waals surface area (Å²) in [4.78, 5) is 0. The van der Waals surface area contributed by atoms with Crippen molar-refractivity contribution in [2.24, 2.45) is 5.73 Å². The summed E-state index contributed by atoms with van der Waals surface area (Å²) in [5.74, 6) is 1.67. The summed E-state index contributed by atoms with van der Waals surface area (Å²) in [6, 6.07) is 14.0. The maximum absolute atomic E-state index is 5.72. The van der Waals surface area contributed by atoms with Crippen LogP contribution >= 0.6 is 0 Å². The van der Waals surface area contributed by atoms with Gasteiger partial charge < -0.3 is 15.2 Å². The van der Waals surface area contributed by atoms with E-state index in [-0.39, 0.29) is 0 Å². The lowest BCUT2D eigenvalue weighted by atomic mass is 10.0. The Balaban J connectivity index is 2.43. The van der Waals surface area contributed by atoms with Gasteiger partial charge in [-0.1, -0.05) is 18.2 Å². The Bertz CT molecular complexity index is 538. The van der Waals surface area contributed by atoms with Crippen LogP contribution in [-0.4, -0.2) is 14.2 Å². The molecule has 3 heteroatoms. The van der Waals surface area contributed by atoms with Gasteiger partial charge >= 0.3 is 0 Å². The molecular weight excluding hydrogens is 226 g/mol. The maximum Gasteiger partial charge on any atom is 0.123 e. The van der Waals surface area contributed by atoms with Crippen LogP contribution in [0.3, 0.4) is 0 Å². The zero-order chi connectivity index (χ0) is 13.0. The fourth-order valence-corrected chi connectivity index (χ4v) is 1.92. The monoisotopic (exact) mass is 243 g/mol. The molecule has 0 aliphatic heterocycles. The van der Waals surface area contributed by atoms with Crippen molar-refractivity contribution >= 4 is 0 Å². The molecule has 0 saturated heterocycles. The van der Waals surface area contributed by atoms with Crippen LogP contribution in [-0.2, 0) is 6.54 Å². The lowest BCUT2D eigenvalue weighted by Crippen LogP contribution is -2.00. The fourth-order valence-electron chi connectivity index (χ4n) is 1.92. The van der Waals surface area contributed by atoms with Crippen LogP contribution in [0.25, 0.3) is 11.1 Å². The molecule has 0 aliphatic rings. The van der Waals surface area contributed by atoms with Gasteiger partial charge in [-0.2, -0.15) is 0 Å². The van der Waals surface area contributed by atoms with Crippen molar-refractivity contribution in [2.45, 2.75) is 6.54 Å². The SMILES string of the molecule is COc1cccc(-c2ccc(OC)c(CN)c2)c1. The van der Waals surface area contributed by atoms with Gasteiger partial charge in [-0.25, -0.2) is 0 Å². The summed E-state index contributed by atoms with van der Waals surface area (Å²) < 4.78 is 10.5. The quantitative estimate of drug-likeness (QED) is 0.898. The minimum atomic E-state index is 0.459. The lowest BCUT2D eigenvalue weighted by Gasteiger charge is -2.10. The first-order valence-corrected chi connectivity index (χ1v) is 5.80. The highest BCUT2D eigenvalue weighted by Crippen LogP contribution is 2.28. The third-order valence-electron chi connectivity index (χ3n) is 2.90. The summed E-state index contributed by atoms with van der Waals surface area (Å²) >= 11 is 0. The molecule has 0 unspecified atom stereocenters. The predicted octanol–water partition coefficient (Wildman–Crippen LogP) is 2.83. The van der Waals surface area contributed by atoms with Crippen molar-refractivity contribution in [1.29, 1.82) is 0 Å². The second kappa shape index (κ2) is 5.56. The number of hydrogen-bond donors (Lipinski definition) is 1. The number of benzene rings is 2. The average Bonchev–Trinajstić information content (AvgIpc) is 2.46. The van der Waals surface area contributed by atoms with Gasteiger partial charge in [0.25, 0.3) is 0 Å². The number of ether oxygens (including phenoxy) is 2. The van der Waals surface area contributed by atoms with E-state index in [1.54, 1.807) is 14.2 Å². The minimum Gasteiger partial charge on any atom is -0.497 e. The van der Waals surface area contributed by atoms with E-state index in [0.717, 1.165) is 28.2 Å². The van der Waals surface area contributed by atoms with E-state index in [9.17, 15) is 0 Å². The Morgan fingerprint density at radius 3 is 2.39 bits per heavy atom. The van der Waals surface area contributed by atoms with Crippen LogP contribution in [0.2, 0.25) is 0 Å². The summed E-state index contributed by atoms with van der Waals surface area (Å²) in [5.41, 5.74) is 8.93. The van der Waals surface area contributed by atoms with Crippen LogP contribution < -0.4 is 15.2 Å². The van der Waals surface area contributed by atoms with Gasteiger partial charge in [-0.15, -0.1) is 0 Å². The fraction of sp³-hybridized carbons (Fsp3) is 0.200. The standard InChI is InChI=1S/C15H17NO2/c1-17-14-5-3-4-11(9-14)12-6-7-15(18-2)13(8-12)10-16/h3-9H,10,16H2,1-2H3. The van der Waals surface area contributed by atoms with Crippen molar-refractivity contribution in [2.75, 3.05) is 14.2 Å². The molecule has 0 fully saturated rings. The largest absolute Gasteiger partial charge is 0.497 e. The summed E-state index contributed by atoms with van der Waals surface area (Å²) in [7, 11) is 3.32. The molecule has 0 heterocycles. The Kier molecular flexibility index (Phi) is 3.85. The molecule has 0 saturated carbocycles. The van der Waals surface area contributed by atoms with E-state index in [1.807, 2.05) is 42.5 Å². The highest BCUT2D eigenvalue weighted by Gasteiger charge is 2.05. The van der Waals surface area contributed by atoms with Crippen LogP contribution in [0.4, 0.5) is 0 Å². The molecule has 0 aromatic heterocycles. The summed E-state index contributed by atoms with van der Waals surface area (Å²) in [6.45, 7) is 0.459. The van der Waals surface area contributed by atoms with Crippen LogP contribution in [0.1, 0.15) is 5.56 Å². The Labute approximate surface area is 107 Å². The molecule has 2 rings (SSSR count). The van der Waals surface area contributed by atoms with Crippen LogP contribution in [0.15, 0.2) is 42.5 Å². The van der Waals surface area contributed by atoms with Crippen molar-refractivity contribution in [3.8, 4) is 22.6 Å². The molecule has 18 heavy (non-hydrogen) atoms. The van der Waals surface area contributed by atoms with E-state index in [0.29, 0.717) is 6.54 Å². The third-order valence-corrected chi connectivity index (χ3v) is 2.90. The number of nitrogens with two attached hydrogens (primary N) is 1. The highest BCUT2D eigenvalue weighted by atomic mass is 16.5. The normalized spacial score (nSPS) is 10.2. The molecule has 0 bridgehead atoms. The van der Waals surface area contributed by atoms with Crippen molar-refractivity contribution in [1.82, 2.24) is 0 Å². The summed E-state index contributed by atoms with van der Waals surface area (Å²) in [5, 5.41) is 0. The first-order valence-electron chi connectivity index (χ1n) is 5.80. The van der Waals surface area contributed by atoms with Gasteiger partial charge in [0.2, 0.25) is 0 Å². The smallest absolute Gasteiger partial charge is 0.123 e. The minimum absolute atomic E-state index is 0.459. The van der Waals surface area contributed by atoms with Crippen LogP contribution in [0.5, 0.6) is 11.5 Å². The van der Waals surface area contributed by atoms with Crippen LogP contribution in [0, 0.1) is 0 Å². The van der Waals surface area contributed by atoms with Gasteiger partial charge in [-0.3, -0.25) is 0 Å². The molecule has 0 aliphatic carbocycles. The zero-order valence-electron chi connectivity index (χ0n) is 10.6. The molecule has 2 N–H and O–H groups in total. The van der Waals surface area contributed by atoms with Gasteiger partial charge in [0.15, 0.2) is 0 Å². The topological polar surface area (TPSA) is 44.5 Å². The van der Waals surface area contributed by atoms with E-state index in [2.05, 4.69) is 0 Å². The molecule has 2 aromatic rings. The number of hydrogen-bond acceptors (Lipinski definition) is 3. The van der Waals surface area contributed by atoms with Crippen molar-refractivity contribution in [3.63, 3.8) is 0 Å². The van der Waals surface area contributed by atoms with Gasteiger partial charge in [0.05, 0.1) is 14.2 Å². The van der Waals surface area contributed by atoms with E-state index in [1.165, 1.54) is 0 Å². The second-order valence-corrected chi connectivity index (χ2v) is 3.96. The van der Waals surface area contributed by atoms with Gasteiger partial charge in [-0.05, 0) is 35.4 Å². The third kappa shape index (κ3) is 2.46. The predicted molar refractivity (Wildman–Crippen MR) is 72.9 cm³/mol. The number of methoxy groups -OCH3 is 2. The average molecular weight is 243 g/mol. The molecule has 0 atom stereocenters. The van der Waals surface area contributed by atoms with Crippen molar-refractivity contribution in [3.05, 3.63) is 48.0 Å². The molecular formula is C15H17NO2. The first-order chi connectivity index (χ1) is 8.78. The maximum atomic E-state index is 5.72. The molecule has 94 valence electrons. The number of rotatable bonds is 4. The molecule has 0 amide bonds.